The molecule has 1 saturated heterocycles. The molecule has 1 atom stereocenters. The van der Waals surface area contributed by atoms with Gasteiger partial charge in [-0.2, -0.15) is 5.26 Å². The Bertz CT molecular complexity index is 992. The van der Waals surface area contributed by atoms with Crippen molar-refractivity contribution in [3.05, 3.63) is 76.7 Å². The molecule has 2 aromatic carbocycles. The molecule has 0 radical (unpaired) electrons. The molecule has 1 aliphatic heterocycles. The number of hydrogen-bond donors (Lipinski definition) is 2. The van der Waals surface area contributed by atoms with E-state index in [1.54, 1.807) is 6.92 Å². The monoisotopic (exact) mass is 363 g/mol. The van der Waals surface area contributed by atoms with Crippen LogP contribution >= 0.6 is 0 Å². The Labute approximate surface area is 156 Å². The number of piperazine rings is 1. The summed E-state index contributed by atoms with van der Waals surface area (Å²) in [5.41, 5.74) is 0.0387. The first-order valence-corrected chi connectivity index (χ1v) is 8.43. The molecule has 0 saturated carbocycles. The molecule has 2 N–H and O–H groups in total. The minimum Gasteiger partial charge on any atom is -0.336 e. The van der Waals surface area contributed by atoms with E-state index in [4.69, 9.17) is 0 Å². The van der Waals surface area contributed by atoms with E-state index in [9.17, 15) is 19.2 Å². The van der Waals surface area contributed by atoms with Crippen molar-refractivity contribution in [2.24, 2.45) is 0 Å². The number of carbonyl (C=O) groups is 2. The van der Waals surface area contributed by atoms with Crippen molar-refractivity contribution in [2.45, 2.75) is 25.8 Å². The van der Waals surface area contributed by atoms with Crippen LogP contribution in [0.1, 0.15) is 30.5 Å². The third kappa shape index (κ3) is 3.44. The smallest absolute Gasteiger partial charge is 0.268 e. The van der Waals surface area contributed by atoms with Gasteiger partial charge in [-0.3, -0.25) is 9.59 Å². The van der Waals surface area contributed by atoms with E-state index in [-0.39, 0.29) is 22.4 Å². The van der Waals surface area contributed by atoms with Gasteiger partial charge in [0.1, 0.15) is 17.1 Å². The number of rotatable bonds is 3. The highest BCUT2D eigenvalue weighted by atomic mass is 19.1. The Kier molecular flexibility index (Phi) is 4.78. The second-order valence-electron chi connectivity index (χ2n) is 6.68. The fraction of sp³-hybridized carbons (Fsp3) is 0.190. The summed E-state index contributed by atoms with van der Waals surface area (Å²) in [4.78, 5) is 25.4. The number of benzene rings is 2. The van der Waals surface area contributed by atoms with Crippen LogP contribution < -0.4 is 10.6 Å². The van der Waals surface area contributed by atoms with Gasteiger partial charge in [-0.15, -0.1) is 0 Å². The number of carbonyl (C=O) groups excluding carboxylic acids is 2. The van der Waals surface area contributed by atoms with Crippen molar-refractivity contribution in [1.29, 1.82) is 5.26 Å². The van der Waals surface area contributed by atoms with Crippen LogP contribution in [0.15, 0.2) is 54.2 Å². The van der Waals surface area contributed by atoms with Gasteiger partial charge in [0.25, 0.3) is 5.91 Å². The molecule has 1 unspecified atom stereocenters. The van der Waals surface area contributed by atoms with Crippen LogP contribution in [-0.4, -0.2) is 17.4 Å². The predicted octanol–water partition coefficient (Wildman–Crippen LogP) is 2.68. The Morgan fingerprint density at radius 3 is 2.52 bits per heavy atom. The van der Waals surface area contributed by atoms with E-state index >= 15 is 0 Å². The van der Waals surface area contributed by atoms with Crippen molar-refractivity contribution in [2.75, 3.05) is 0 Å². The van der Waals surface area contributed by atoms with Crippen molar-refractivity contribution in [1.82, 2.24) is 10.6 Å². The van der Waals surface area contributed by atoms with Crippen LogP contribution in [0.2, 0.25) is 0 Å². The zero-order valence-corrected chi connectivity index (χ0v) is 15.0. The number of nitrogens with one attached hydrogen (secondary N) is 2. The first-order chi connectivity index (χ1) is 12.9. The van der Waals surface area contributed by atoms with Crippen LogP contribution in [0.3, 0.4) is 0 Å². The summed E-state index contributed by atoms with van der Waals surface area (Å²) in [7, 11) is 0. The van der Waals surface area contributed by atoms with Crippen LogP contribution in [0, 0.1) is 17.1 Å². The van der Waals surface area contributed by atoms with Crippen LogP contribution in [0.4, 0.5) is 4.39 Å². The van der Waals surface area contributed by atoms with Crippen molar-refractivity contribution < 1.29 is 14.0 Å². The molecule has 0 spiro atoms. The molecule has 27 heavy (non-hydrogen) atoms. The average Bonchev–Trinajstić information content (AvgIpc) is 2.64. The Morgan fingerprint density at radius 1 is 1.15 bits per heavy atom. The molecule has 1 heterocycles. The highest BCUT2D eigenvalue weighted by molar-refractivity contribution is 6.10. The summed E-state index contributed by atoms with van der Waals surface area (Å²) < 4.78 is 14.3. The minimum absolute atomic E-state index is 0.0112. The lowest BCUT2D eigenvalue weighted by Crippen LogP contribution is -2.64. The third-order valence-corrected chi connectivity index (χ3v) is 4.64. The van der Waals surface area contributed by atoms with Crippen molar-refractivity contribution >= 4 is 17.4 Å². The fourth-order valence-corrected chi connectivity index (χ4v) is 3.19. The first kappa shape index (κ1) is 18.3. The van der Waals surface area contributed by atoms with Crippen molar-refractivity contribution in [3.63, 3.8) is 0 Å². The molecular weight excluding hydrogens is 345 g/mol. The highest BCUT2D eigenvalue weighted by Crippen LogP contribution is 2.27. The molecule has 2 amide bonds. The van der Waals surface area contributed by atoms with Gasteiger partial charge in [-0.05, 0) is 37.1 Å². The van der Waals surface area contributed by atoms with Gasteiger partial charge in [-0.1, -0.05) is 36.4 Å². The quantitative estimate of drug-likeness (QED) is 0.823. The standard InChI is InChI=1S/C21H18FN3O2/c1-13(17-15(12-23)9-6-10-16(17)22)18-19(26)25-21(2,20(27)24-18)11-14-7-4-3-5-8-14/h3-10H,11H2,1-2H3,(H,24,27)(H,25,26). The number of nitrogens with zero attached hydrogens (tertiary/aromatic N) is 1. The minimum atomic E-state index is -1.13. The van der Waals surface area contributed by atoms with Gasteiger partial charge in [0.2, 0.25) is 5.91 Å². The molecule has 3 rings (SSSR count). The van der Waals surface area contributed by atoms with E-state index in [0.717, 1.165) is 5.56 Å². The third-order valence-electron chi connectivity index (χ3n) is 4.64. The lowest BCUT2D eigenvalue weighted by atomic mass is 9.88. The van der Waals surface area contributed by atoms with E-state index in [1.807, 2.05) is 36.4 Å². The number of amides is 2. The maximum absolute atomic E-state index is 14.3. The maximum atomic E-state index is 14.3. The van der Waals surface area contributed by atoms with E-state index < -0.39 is 23.2 Å². The molecule has 1 fully saturated rings. The predicted molar refractivity (Wildman–Crippen MR) is 98.5 cm³/mol. The largest absolute Gasteiger partial charge is 0.336 e. The van der Waals surface area contributed by atoms with Crippen LogP contribution in [-0.2, 0) is 16.0 Å². The number of nitriles is 1. The number of allylic oxidation sites excluding steroid dienone is 1. The molecule has 0 aromatic heterocycles. The second kappa shape index (κ2) is 7.04. The molecule has 136 valence electrons. The topological polar surface area (TPSA) is 82.0 Å². The number of halogens is 1. The van der Waals surface area contributed by atoms with Gasteiger partial charge >= 0.3 is 0 Å². The SMILES string of the molecule is CC(=C1NC(=O)C(C)(Cc2ccccc2)NC1=O)c1c(F)cccc1C#N. The summed E-state index contributed by atoms with van der Waals surface area (Å²) in [6, 6.07) is 15.3. The summed E-state index contributed by atoms with van der Waals surface area (Å²) >= 11 is 0. The first-order valence-electron chi connectivity index (χ1n) is 8.43. The van der Waals surface area contributed by atoms with Crippen molar-refractivity contribution in [3.8, 4) is 6.07 Å². The van der Waals surface area contributed by atoms with E-state index in [1.165, 1.54) is 25.1 Å². The Hall–Kier alpha value is -3.46. The van der Waals surface area contributed by atoms with Crippen LogP contribution in [0.25, 0.3) is 5.57 Å². The zero-order valence-electron chi connectivity index (χ0n) is 15.0. The number of hydrogen-bond acceptors (Lipinski definition) is 3. The Morgan fingerprint density at radius 2 is 1.85 bits per heavy atom. The molecule has 0 aliphatic carbocycles. The lowest BCUT2D eigenvalue weighted by molar-refractivity contribution is -0.135. The molecule has 0 bridgehead atoms. The van der Waals surface area contributed by atoms with E-state index in [0.29, 0.717) is 6.42 Å². The van der Waals surface area contributed by atoms with Gasteiger partial charge < -0.3 is 10.6 Å². The summed E-state index contributed by atoms with van der Waals surface area (Å²) in [6.45, 7) is 3.15. The second-order valence-corrected chi connectivity index (χ2v) is 6.68. The summed E-state index contributed by atoms with van der Waals surface area (Å²) in [5, 5.41) is 14.6. The van der Waals surface area contributed by atoms with E-state index in [2.05, 4.69) is 10.6 Å². The molecule has 1 aliphatic rings. The van der Waals surface area contributed by atoms with Gasteiger partial charge in [0.15, 0.2) is 0 Å². The van der Waals surface area contributed by atoms with Gasteiger partial charge in [0.05, 0.1) is 11.6 Å². The molecular formula is C21H18FN3O2. The van der Waals surface area contributed by atoms with Gasteiger partial charge in [-0.25, -0.2) is 4.39 Å². The summed E-state index contributed by atoms with van der Waals surface area (Å²) in [6.07, 6.45) is 0.320. The maximum Gasteiger partial charge on any atom is 0.268 e. The Balaban J connectivity index is 1.96. The molecule has 2 aromatic rings. The zero-order chi connectivity index (χ0) is 19.6. The normalized spacial score (nSPS) is 21.1. The molecule has 5 nitrogen and oxygen atoms in total. The van der Waals surface area contributed by atoms with Crippen LogP contribution in [0.5, 0.6) is 0 Å². The van der Waals surface area contributed by atoms with Gasteiger partial charge in [0, 0.05) is 12.0 Å². The molecule has 6 heteroatoms. The lowest BCUT2D eigenvalue weighted by Gasteiger charge is -2.35. The average molecular weight is 363 g/mol. The highest BCUT2D eigenvalue weighted by Gasteiger charge is 2.41. The fourth-order valence-electron chi connectivity index (χ4n) is 3.19. The summed E-state index contributed by atoms with van der Waals surface area (Å²) in [5.74, 6) is -1.54.